The van der Waals surface area contributed by atoms with Gasteiger partial charge in [0.15, 0.2) is 0 Å². The molecule has 0 heterocycles. The highest BCUT2D eigenvalue weighted by Crippen LogP contribution is 2.12. The zero-order chi connectivity index (χ0) is 21.0. The van der Waals surface area contributed by atoms with Gasteiger partial charge in [-0.05, 0) is 13.0 Å². The van der Waals surface area contributed by atoms with Gasteiger partial charge in [0.05, 0.1) is 12.7 Å². The Balaban J connectivity index is 3.33. The molecule has 0 spiro atoms. The van der Waals surface area contributed by atoms with E-state index in [1.165, 1.54) is 77.0 Å². The Morgan fingerprint density at radius 2 is 0.964 bits per heavy atom. The van der Waals surface area contributed by atoms with Crippen LogP contribution in [0.3, 0.4) is 0 Å². The molecule has 0 aliphatic carbocycles. The van der Waals surface area contributed by atoms with Crippen LogP contribution in [0.2, 0.25) is 0 Å². The molecule has 0 aromatic heterocycles. The van der Waals surface area contributed by atoms with E-state index < -0.39 is 31.0 Å². The lowest BCUT2D eigenvalue weighted by Crippen LogP contribution is -2.49. The van der Waals surface area contributed by atoms with E-state index in [4.69, 9.17) is 5.11 Å². The van der Waals surface area contributed by atoms with Gasteiger partial charge in [-0.1, -0.05) is 90.4 Å². The molecular formula is C22H47NO5. The van der Waals surface area contributed by atoms with E-state index in [9.17, 15) is 20.4 Å². The highest BCUT2D eigenvalue weighted by atomic mass is 16.4. The van der Waals surface area contributed by atoms with Crippen LogP contribution in [0, 0.1) is 0 Å². The maximum atomic E-state index is 9.78. The average molecular weight is 406 g/mol. The number of nitrogens with one attached hydrogen (secondary N) is 1. The Bertz CT molecular complexity index is 319. The minimum atomic E-state index is -1.55. The summed E-state index contributed by atoms with van der Waals surface area (Å²) in [5.41, 5.74) is 0. The minimum Gasteiger partial charge on any atom is -0.394 e. The molecule has 0 aromatic rings. The van der Waals surface area contributed by atoms with Crippen LogP contribution in [0.15, 0.2) is 0 Å². The summed E-state index contributed by atoms with van der Waals surface area (Å²) < 4.78 is 0. The fourth-order valence-corrected chi connectivity index (χ4v) is 3.38. The number of unbranched alkanes of at least 4 members (excludes halogenated alkanes) is 13. The molecule has 0 radical (unpaired) electrons. The first-order valence-corrected chi connectivity index (χ1v) is 11.6. The molecule has 0 bridgehead atoms. The van der Waals surface area contributed by atoms with Crippen molar-refractivity contribution >= 4 is 0 Å². The standard InChI is InChI=1S/C22H47NO5/c1-2-3-4-5-6-7-8-9-10-11-12-13-14-15-16-23-17-19(25)21(27)22(28)20(26)18-24/h19-28H,2-18H2,1H3. The molecule has 0 aliphatic heterocycles. The van der Waals surface area contributed by atoms with Crippen molar-refractivity contribution in [2.24, 2.45) is 0 Å². The number of hydrogen-bond acceptors (Lipinski definition) is 6. The van der Waals surface area contributed by atoms with Crippen molar-refractivity contribution in [2.75, 3.05) is 19.7 Å². The van der Waals surface area contributed by atoms with Crippen LogP contribution in [0.1, 0.15) is 96.8 Å². The average Bonchev–Trinajstić information content (AvgIpc) is 2.71. The molecule has 0 amide bonds. The van der Waals surface area contributed by atoms with Crippen LogP contribution in [-0.2, 0) is 0 Å². The third-order valence-corrected chi connectivity index (χ3v) is 5.39. The van der Waals surface area contributed by atoms with E-state index >= 15 is 0 Å². The van der Waals surface area contributed by atoms with Gasteiger partial charge in [0.25, 0.3) is 0 Å². The van der Waals surface area contributed by atoms with E-state index in [1.807, 2.05) is 0 Å². The molecule has 4 atom stereocenters. The van der Waals surface area contributed by atoms with E-state index in [0.717, 1.165) is 19.4 Å². The second kappa shape index (κ2) is 20.0. The van der Waals surface area contributed by atoms with Gasteiger partial charge in [0, 0.05) is 6.54 Å². The van der Waals surface area contributed by atoms with Crippen molar-refractivity contribution in [3.8, 4) is 0 Å². The predicted molar refractivity (Wildman–Crippen MR) is 114 cm³/mol. The normalized spacial score (nSPS) is 16.1. The molecule has 6 nitrogen and oxygen atoms in total. The van der Waals surface area contributed by atoms with Crippen LogP contribution >= 0.6 is 0 Å². The lowest BCUT2D eigenvalue weighted by atomic mass is 10.0. The van der Waals surface area contributed by atoms with Crippen LogP contribution in [-0.4, -0.2) is 69.6 Å². The third-order valence-electron chi connectivity index (χ3n) is 5.39. The molecule has 6 N–H and O–H groups in total. The fourth-order valence-electron chi connectivity index (χ4n) is 3.38. The maximum Gasteiger partial charge on any atom is 0.111 e. The van der Waals surface area contributed by atoms with Gasteiger partial charge in [-0.3, -0.25) is 0 Å². The summed E-state index contributed by atoms with van der Waals surface area (Å²) in [5, 5.41) is 50.1. The van der Waals surface area contributed by atoms with Gasteiger partial charge in [0.2, 0.25) is 0 Å². The van der Waals surface area contributed by atoms with Crippen LogP contribution in [0.25, 0.3) is 0 Å². The molecule has 0 aliphatic rings. The summed E-state index contributed by atoms with van der Waals surface area (Å²) >= 11 is 0. The van der Waals surface area contributed by atoms with Crippen molar-refractivity contribution in [2.45, 2.75) is 121 Å². The number of aliphatic hydroxyl groups excluding tert-OH is 5. The molecule has 0 aromatic carbocycles. The molecule has 0 saturated heterocycles. The van der Waals surface area contributed by atoms with E-state index in [0.29, 0.717) is 0 Å². The quantitative estimate of drug-likeness (QED) is 0.164. The zero-order valence-corrected chi connectivity index (χ0v) is 18.1. The van der Waals surface area contributed by atoms with Gasteiger partial charge in [-0.2, -0.15) is 0 Å². The Kier molecular flexibility index (Phi) is 19.9. The first kappa shape index (κ1) is 27.8. The van der Waals surface area contributed by atoms with Gasteiger partial charge in [0.1, 0.15) is 18.3 Å². The van der Waals surface area contributed by atoms with E-state index in [1.54, 1.807) is 0 Å². The highest BCUT2D eigenvalue weighted by molar-refractivity contribution is 4.81. The highest BCUT2D eigenvalue weighted by Gasteiger charge is 2.29. The lowest BCUT2D eigenvalue weighted by molar-refractivity contribution is -0.113. The number of hydrogen-bond donors (Lipinski definition) is 6. The van der Waals surface area contributed by atoms with Crippen molar-refractivity contribution in [3.05, 3.63) is 0 Å². The second-order valence-electron chi connectivity index (χ2n) is 8.10. The molecule has 170 valence electrons. The molecule has 6 heteroatoms. The summed E-state index contributed by atoms with van der Waals surface area (Å²) in [6, 6.07) is 0. The fraction of sp³-hybridized carbons (Fsp3) is 1.00. The van der Waals surface area contributed by atoms with Crippen LogP contribution < -0.4 is 5.32 Å². The van der Waals surface area contributed by atoms with Crippen molar-refractivity contribution in [3.63, 3.8) is 0 Å². The molecule has 28 heavy (non-hydrogen) atoms. The summed E-state index contributed by atoms with van der Waals surface area (Å²) in [7, 11) is 0. The summed E-state index contributed by atoms with van der Waals surface area (Å²) in [6.07, 6.45) is 12.7. The van der Waals surface area contributed by atoms with Gasteiger partial charge >= 0.3 is 0 Å². The first-order valence-electron chi connectivity index (χ1n) is 11.6. The number of rotatable bonds is 21. The number of aliphatic hydroxyl groups is 5. The lowest BCUT2D eigenvalue weighted by Gasteiger charge is -2.25. The van der Waals surface area contributed by atoms with Crippen molar-refractivity contribution in [1.82, 2.24) is 5.32 Å². The largest absolute Gasteiger partial charge is 0.394 e. The van der Waals surface area contributed by atoms with Gasteiger partial charge in [-0.15, -0.1) is 0 Å². The Labute approximate surface area is 172 Å². The minimum absolute atomic E-state index is 0.148. The monoisotopic (exact) mass is 405 g/mol. The molecule has 0 fully saturated rings. The molecule has 4 unspecified atom stereocenters. The zero-order valence-electron chi connectivity index (χ0n) is 18.1. The summed E-state index contributed by atoms with van der Waals surface area (Å²) in [5.74, 6) is 0. The van der Waals surface area contributed by atoms with Crippen LogP contribution in [0.4, 0.5) is 0 Å². The Morgan fingerprint density at radius 1 is 0.571 bits per heavy atom. The Hall–Kier alpha value is -0.240. The predicted octanol–water partition coefficient (Wildman–Crippen LogP) is 2.49. The van der Waals surface area contributed by atoms with Gasteiger partial charge < -0.3 is 30.8 Å². The summed E-state index contributed by atoms with van der Waals surface area (Å²) in [6.45, 7) is 2.50. The first-order chi connectivity index (χ1) is 13.5. The Morgan fingerprint density at radius 3 is 1.39 bits per heavy atom. The smallest absolute Gasteiger partial charge is 0.111 e. The second-order valence-corrected chi connectivity index (χ2v) is 8.10. The topological polar surface area (TPSA) is 113 Å². The molecule has 0 saturated carbocycles. The molecular weight excluding hydrogens is 358 g/mol. The third kappa shape index (κ3) is 15.7. The molecule has 0 rings (SSSR count). The van der Waals surface area contributed by atoms with E-state index in [-0.39, 0.29) is 6.54 Å². The van der Waals surface area contributed by atoms with Crippen molar-refractivity contribution < 1.29 is 25.5 Å². The van der Waals surface area contributed by atoms with Crippen molar-refractivity contribution in [1.29, 1.82) is 0 Å². The SMILES string of the molecule is CCCCCCCCCCCCCCCCNCC(O)C(O)C(O)C(O)CO. The summed E-state index contributed by atoms with van der Waals surface area (Å²) in [4.78, 5) is 0. The maximum absolute atomic E-state index is 9.78. The van der Waals surface area contributed by atoms with Gasteiger partial charge in [-0.25, -0.2) is 0 Å². The van der Waals surface area contributed by atoms with E-state index in [2.05, 4.69) is 12.2 Å². The van der Waals surface area contributed by atoms with Crippen LogP contribution in [0.5, 0.6) is 0 Å².